The van der Waals surface area contributed by atoms with Gasteiger partial charge >= 0.3 is 0 Å². The Balaban J connectivity index is 1.50. The van der Waals surface area contributed by atoms with Crippen LogP contribution in [0.4, 0.5) is 16.4 Å². The van der Waals surface area contributed by atoms with Crippen LogP contribution in [0.25, 0.3) is 32.0 Å². The fourth-order valence-electron chi connectivity index (χ4n) is 4.31. The van der Waals surface area contributed by atoms with E-state index >= 15 is 0 Å². The zero-order valence-electron chi connectivity index (χ0n) is 17.5. The summed E-state index contributed by atoms with van der Waals surface area (Å²) >= 11 is 1.83. The summed E-state index contributed by atoms with van der Waals surface area (Å²) in [5, 5.41) is 6.25. The van der Waals surface area contributed by atoms with Crippen LogP contribution in [0.3, 0.4) is 0 Å². The summed E-state index contributed by atoms with van der Waals surface area (Å²) < 4.78 is 0. The zero-order chi connectivity index (χ0) is 21.3. The molecule has 5 aromatic carbocycles. The third-order valence-electron chi connectivity index (χ3n) is 5.87. The highest BCUT2D eigenvalue weighted by Gasteiger charge is 2.17. The first-order valence-corrected chi connectivity index (χ1v) is 11.6. The minimum Gasteiger partial charge on any atom is -0.301 e. The Kier molecular flexibility index (Phi) is 4.71. The van der Waals surface area contributed by atoms with Gasteiger partial charge in [0.1, 0.15) is 5.00 Å². The number of fused-ring (bicyclic) bond motifs is 2. The fraction of sp³-hybridized carbons (Fsp3) is 0. The first kappa shape index (κ1) is 18.9. The van der Waals surface area contributed by atoms with Gasteiger partial charge < -0.3 is 4.90 Å². The second-order valence-corrected chi connectivity index (χ2v) is 8.93. The largest absolute Gasteiger partial charge is 0.301 e. The van der Waals surface area contributed by atoms with E-state index in [1.807, 2.05) is 11.3 Å². The molecule has 152 valence electrons. The average Bonchev–Trinajstić information content (AvgIpc) is 3.34. The molecule has 2 heteroatoms. The number of thiophene rings is 1. The van der Waals surface area contributed by atoms with Crippen LogP contribution in [0.15, 0.2) is 127 Å². The lowest BCUT2D eigenvalue weighted by Crippen LogP contribution is -2.08. The van der Waals surface area contributed by atoms with Crippen LogP contribution in [0.1, 0.15) is 0 Å². The van der Waals surface area contributed by atoms with Crippen molar-refractivity contribution in [2.75, 3.05) is 4.90 Å². The molecule has 1 heterocycles. The third-order valence-corrected chi connectivity index (χ3v) is 6.99. The molecule has 0 amide bonds. The van der Waals surface area contributed by atoms with E-state index in [0.29, 0.717) is 0 Å². The lowest BCUT2D eigenvalue weighted by Gasteiger charge is -2.25. The molecule has 1 aromatic heterocycles. The Hall–Kier alpha value is -3.88. The molecule has 0 bridgehead atoms. The Bertz CT molecular complexity index is 1530. The molecule has 0 aliphatic heterocycles. The van der Waals surface area contributed by atoms with Gasteiger partial charge in [-0.05, 0) is 58.1 Å². The van der Waals surface area contributed by atoms with E-state index in [1.54, 1.807) is 0 Å². The van der Waals surface area contributed by atoms with Gasteiger partial charge in [0.15, 0.2) is 0 Å². The quantitative estimate of drug-likeness (QED) is 0.271. The van der Waals surface area contributed by atoms with E-state index in [4.69, 9.17) is 0 Å². The summed E-state index contributed by atoms with van der Waals surface area (Å²) in [6.07, 6.45) is 0. The summed E-state index contributed by atoms with van der Waals surface area (Å²) in [6.45, 7) is 0. The smallest absolute Gasteiger partial charge is 0.101 e. The van der Waals surface area contributed by atoms with Crippen LogP contribution in [0.2, 0.25) is 0 Å². The highest BCUT2D eigenvalue weighted by atomic mass is 32.1. The van der Waals surface area contributed by atoms with Crippen molar-refractivity contribution in [1.29, 1.82) is 0 Å². The third kappa shape index (κ3) is 3.35. The molecule has 0 N–H and O–H groups in total. The van der Waals surface area contributed by atoms with Crippen LogP contribution in [0.5, 0.6) is 0 Å². The van der Waals surface area contributed by atoms with Gasteiger partial charge in [0, 0.05) is 16.0 Å². The van der Waals surface area contributed by atoms with Gasteiger partial charge in [-0.3, -0.25) is 0 Å². The standard InChI is InChI=1S/C30H21NS/c1-2-13-26(14-3-1)31(28-16-8-12-23-10-6-7-15-27(23)28)30-20-19-29(32-30)25-18-17-22-9-4-5-11-24(22)21-25/h1-21H. The van der Waals surface area contributed by atoms with Crippen LogP contribution in [-0.2, 0) is 0 Å². The van der Waals surface area contributed by atoms with Gasteiger partial charge in [-0.2, -0.15) is 0 Å². The topological polar surface area (TPSA) is 3.24 Å². The van der Waals surface area contributed by atoms with Crippen molar-refractivity contribution in [1.82, 2.24) is 0 Å². The molecule has 6 aromatic rings. The number of benzene rings is 5. The molecule has 0 atom stereocenters. The van der Waals surface area contributed by atoms with Crippen molar-refractivity contribution in [2.24, 2.45) is 0 Å². The molecule has 0 unspecified atom stereocenters. The predicted octanol–water partition coefficient (Wildman–Crippen LogP) is 9.19. The van der Waals surface area contributed by atoms with Crippen molar-refractivity contribution in [3.8, 4) is 10.4 Å². The highest BCUT2D eigenvalue weighted by molar-refractivity contribution is 7.19. The second kappa shape index (κ2) is 7.99. The summed E-state index contributed by atoms with van der Waals surface area (Å²) in [4.78, 5) is 3.64. The first-order chi connectivity index (χ1) is 15.9. The molecule has 0 radical (unpaired) electrons. The molecule has 0 aliphatic rings. The number of rotatable bonds is 4. The van der Waals surface area contributed by atoms with E-state index < -0.39 is 0 Å². The van der Waals surface area contributed by atoms with Gasteiger partial charge in [-0.15, -0.1) is 11.3 Å². The van der Waals surface area contributed by atoms with E-state index in [1.165, 1.54) is 42.7 Å². The summed E-state index contributed by atoms with van der Waals surface area (Å²) in [6, 6.07) is 45.5. The minimum absolute atomic E-state index is 1.16. The molecule has 32 heavy (non-hydrogen) atoms. The lowest BCUT2D eigenvalue weighted by atomic mass is 10.1. The Morgan fingerprint density at radius 1 is 0.500 bits per heavy atom. The normalized spacial score (nSPS) is 11.1. The SMILES string of the molecule is c1ccc(N(c2ccc(-c3ccc4ccccc4c3)s2)c2cccc3ccccc23)cc1. The van der Waals surface area contributed by atoms with Gasteiger partial charge in [0.05, 0.1) is 5.69 Å². The number of hydrogen-bond donors (Lipinski definition) is 0. The van der Waals surface area contributed by atoms with E-state index in [-0.39, 0.29) is 0 Å². The number of anilines is 3. The first-order valence-electron chi connectivity index (χ1n) is 10.8. The van der Waals surface area contributed by atoms with Crippen LogP contribution in [0, 0.1) is 0 Å². The maximum Gasteiger partial charge on any atom is 0.101 e. The van der Waals surface area contributed by atoms with Crippen LogP contribution in [-0.4, -0.2) is 0 Å². The van der Waals surface area contributed by atoms with E-state index in [9.17, 15) is 0 Å². The van der Waals surface area contributed by atoms with Crippen molar-refractivity contribution >= 4 is 49.3 Å². The maximum absolute atomic E-state index is 2.37. The zero-order valence-corrected chi connectivity index (χ0v) is 18.3. The molecular weight excluding hydrogens is 406 g/mol. The minimum atomic E-state index is 1.16. The fourth-order valence-corrected chi connectivity index (χ4v) is 5.35. The molecule has 0 spiro atoms. The van der Waals surface area contributed by atoms with Gasteiger partial charge in [-0.25, -0.2) is 0 Å². The number of hydrogen-bond acceptors (Lipinski definition) is 2. The van der Waals surface area contributed by atoms with E-state index in [0.717, 1.165) is 5.69 Å². The van der Waals surface area contributed by atoms with Gasteiger partial charge in [-0.1, -0.05) is 91.0 Å². The van der Waals surface area contributed by atoms with Gasteiger partial charge in [0.25, 0.3) is 0 Å². The predicted molar refractivity (Wildman–Crippen MR) is 139 cm³/mol. The lowest BCUT2D eigenvalue weighted by molar-refractivity contribution is 1.33. The molecule has 0 aliphatic carbocycles. The second-order valence-electron chi connectivity index (χ2n) is 7.87. The summed E-state index contributed by atoms with van der Waals surface area (Å²) in [5.74, 6) is 0. The molecule has 0 fully saturated rings. The summed E-state index contributed by atoms with van der Waals surface area (Å²) in [5.41, 5.74) is 3.61. The Labute approximate surface area is 191 Å². The van der Waals surface area contributed by atoms with E-state index in [2.05, 4.69) is 132 Å². The van der Waals surface area contributed by atoms with Gasteiger partial charge in [0.2, 0.25) is 0 Å². The highest BCUT2D eigenvalue weighted by Crippen LogP contribution is 2.44. The Morgan fingerprint density at radius 2 is 1.22 bits per heavy atom. The molecular formula is C30H21NS. The van der Waals surface area contributed by atoms with Crippen molar-refractivity contribution in [2.45, 2.75) is 0 Å². The number of nitrogens with zero attached hydrogens (tertiary/aromatic N) is 1. The molecule has 0 saturated carbocycles. The van der Waals surface area contributed by atoms with Crippen molar-refractivity contribution in [3.05, 3.63) is 127 Å². The monoisotopic (exact) mass is 427 g/mol. The molecule has 0 saturated heterocycles. The molecule has 1 nitrogen and oxygen atoms in total. The summed E-state index contributed by atoms with van der Waals surface area (Å²) in [7, 11) is 0. The van der Waals surface area contributed by atoms with Crippen LogP contribution < -0.4 is 4.90 Å². The number of para-hydroxylation sites is 1. The Morgan fingerprint density at radius 3 is 2.09 bits per heavy atom. The average molecular weight is 428 g/mol. The maximum atomic E-state index is 2.37. The van der Waals surface area contributed by atoms with Crippen LogP contribution >= 0.6 is 11.3 Å². The van der Waals surface area contributed by atoms with Crippen molar-refractivity contribution in [3.63, 3.8) is 0 Å². The van der Waals surface area contributed by atoms with Crippen molar-refractivity contribution < 1.29 is 0 Å². The molecule has 6 rings (SSSR count).